The summed E-state index contributed by atoms with van der Waals surface area (Å²) in [6.45, 7) is 2.60. The van der Waals surface area contributed by atoms with Gasteiger partial charge in [0.05, 0.1) is 0 Å². The minimum absolute atomic E-state index is 0. The van der Waals surface area contributed by atoms with Crippen molar-refractivity contribution in [1.29, 1.82) is 0 Å². The van der Waals surface area contributed by atoms with Crippen molar-refractivity contribution in [2.75, 3.05) is 6.61 Å². The Hall–Kier alpha value is 0.557. The van der Waals surface area contributed by atoms with Gasteiger partial charge in [-0.15, -0.1) is 0 Å². The van der Waals surface area contributed by atoms with Gasteiger partial charge in [0.1, 0.15) is 0 Å². The van der Waals surface area contributed by atoms with Gasteiger partial charge >= 0.3 is 18.9 Å². The fraction of sp³-hybridized carbons (Fsp3) is 1.00. The Morgan fingerprint density at radius 2 is 1.27 bits per heavy atom. The van der Waals surface area contributed by atoms with Crippen LogP contribution < -0.4 is 0 Å². The van der Waals surface area contributed by atoms with Crippen LogP contribution in [0.2, 0.25) is 0 Å². The first-order chi connectivity index (χ1) is 4.91. The van der Waals surface area contributed by atoms with Crippen molar-refractivity contribution in [3.05, 3.63) is 0 Å². The van der Waals surface area contributed by atoms with Crippen molar-refractivity contribution in [2.24, 2.45) is 0 Å². The SMILES string of the molecule is CCCCCCCCCO.[LiH]. The summed E-state index contributed by atoms with van der Waals surface area (Å²) in [5, 5.41) is 8.47. The average molecular weight is 152 g/mol. The maximum atomic E-state index is 8.47. The standard InChI is InChI=1S/C9H20O.Li.H/c1-2-3-4-5-6-7-8-9-10;;/h10H,2-9H2,1H3;;. The molecule has 0 unspecified atom stereocenters. The third-order valence-corrected chi connectivity index (χ3v) is 1.76. The first-order valence-corrected chi connectivity index (χ1v) is 4.52. The average Bonchev–Trinajstić information content (AvgIpc) is 1.97. The molecule has 0 aromatic carbocycles. The van der Waals surface area contributed by atoms with Crippen LogP contribution in [0.3, 0.4) is 0 Å². The molecule has 0 saturated carbocycles. The molecule has 0 aliphatic heterocycles. The van der Waals surface area contributed by atoms with Crippen LogP contribution in [0.1, 0.15) is 51.9 Å². The Morgan fingerprint density at radius 3 is 1.73 bits per heavy atom. The molecule has 0 atom stereocenters. The van der Waals surface area contributed by atoms with Gasteiger partial charge in [0.2, 0.25) is 0 Å². The fourth-order valence-electron chi connectivity index (χ4n) is 1.07. The van der Waals surface area contributed by atoms with E-state index in [0.29, 0.717) is 6.61 Å². The molecule has 0 heterocycles. The molecule has 1 nitrogen and oxygen atoms in total. The van der Waals surface area contributed by atoms with E-state index in [1.807, 2.05) is 0 Å². The molecule has 0 rings (SSSR count). The molecule has 0 aromatic rings. The van der Waals surface area contributed by atoms with Crippen molar-refractivity contribution >= 4 is 18.9 Å². The van der Waals surface area contributed by atoms with Gasteiger partial charge in [-0.3, -0.25) is 0 Å². The summed E-state index contributed by atoms with van der Waals surface area (Å²) in [6.07, 6.45) is 8.93. The summed E-state index contributed by atoms with van der Waals surface area (Å²) in [7, 11) is 0. The van der Waals surface area contributed by atoms with Gasteiger partial charge in [-0.25, -0.2) is 0 Å². The summed E-state index contributed by atoms with van der Waals surface area (Å²) >= 11 is 0. The van der Waals surface area contributed by atoms with E-state index in [9.17, 15) is 0 Å². The van der Waals surface area contributed by atoms with Crippen LogP contribution in [0.15, 0.2) is 0 Å². The summed E-state index contributed by atoms with van der Waals surface area (Å²) in [4.78, 5) is 0. The second-order valence-electron chi connectivity index (χ2n) is 2.84. The molecule has 0 radical (unpaired) electrons. The van der Waals surface area contributed by atoms with Gasteiger partial charge < -0.3 is 5.11 Å². The zero-order chi connectivity index (χ0) is 7.66. The van der Waals surface area contributed by atoms with Crippen molar-refractivity contribution in [3.63, 3.8) is 0 Å². The number of hydrogen-bond acceptors (Lipinski definition) is 1. The van der Waals surface area contributed by atoms with E-state index in [1.54, 1.807) is 0 Å². The predicted octanol–water partition coefficient (Wildman–Crippen LogP) is 2.08. The molecule has 11 heavy (non-hydrogen) atoms. The first-order valence-electron chi connectivity index (χ1n) is 4.52. The molecule has 0 spiro atoms. The summed E-state index contributed by atoms with van der Waals surface area (Å²) in [6, 6.07) is 0. The van der Waals surface area contributed by atoms with E-state index in [4.69, 9.17) is 5.11 Å². The van der Waals surface area contributed by atoms with E-state index in [0.717, 1.165) is 6.42 Å². The number of aliphatic hydroxyl groups is 1. The van der Waals surface area contributed by atoms with Gasteiger partial charge in [-0.2, -0.15) is 0 Å². The normalized spacial score (nSPS) is 9.27. The Balaban J connectivity index is 0. The summed E-state index contributed by atoms with van der Waals surface area (Å²) in [5.41, 5.74) is 0. The molecule has 0 aliphatic carbocycles. The van der Waals surface area contributed by atoms with Crippen LogP contribution in [0, 0.1) is 0 Å². The second kappa shape index (κ2) is 13.2. The predicted molar refractivity (Wildman–Crippen MR) is 52.2 cm³/mol. The van der Waals surface area contributed by atoms with Crippen LogP contribution in [0.4, 0.5) is 0 Å². The molecule has 0 fully saturated rings. The topological polar surface area (TPSA) is 20.2 Å². The number of hydrogen-bond donors (Lipinski definition) is 1. The summed E-state index contributed by atoms with van der Waals surface area (Å²) < 4.78 is 0. The van der Waals surface area contributed by atoms with Crippen molar-refractivity contribution in [3.8, 4) is 0 Å². The zero-order valence-corrected chi connectivity index (χ0v) is 7.10. The molecule has 0 amide bonds. The minimum atomic E-state index is 0. The molecule has 0 bridgehead atoms. The molecule has 0 aliphatic rings. The van der Waals surface area contributed by atoms with E-state index in [2.05, 4.69) is 6.92 Å². The van der Waals surface area contributed by atoms with Gasteiger partial charge in [-0.05, 0) is 6.42 Å². The molecule has 64 valence electrons. The first kappa shape index (κ1) is 14.1. The Bertz CT molecular complexity index is 49.5. The van der Waals surface area contributed by atoms with Gasteiger partial charge in [-0.1, -0.05) is 45.4 Å². The zero-order valence-electron chi connectivity index (χ0n) is 7.10. The Kier molecular flexibility index (Phi) is 16.9. The van der Waals surface area contributed by atoms with Crippen LogP contribution in [-0.4, -0.2) is 30.6 Å². The van der Waals surface area contributed by atoms with E-state index in [-0.39, 0.29) is 18.9 Å². The quantitative estimate of drug-likeness (QED) is 0.437. The van der Waals surface area contributed by atoms with Crippen molar-refractivity contribution < 1.29 is 5.11 Å². The van der Waals surface area contributed by atoms with E-state index in [1.165, 1.54) is 38.5 Å². The third-order valence-electron chi connectivity index (χ3n) is 1.76. The Labute approximate surface area is 82.8 Å². The van der Waals surface area contributed by atoms with Gasteiger partial charge in [0.15, 0.2) is 0 Å². The molecule has 1 N–H and O–H groups in total. The van der Waals surface area contributed by atoms with Crippen molar-refractivity contribution in [2.45, 2.75) is 51.9 Å². The van der Waals surface area contributed by atoms with E-state index >= 15 is 0 Å². The molecular weight excluding hydrogens is 131 g/mol. The third kappa shape index (κ3) is 13.5. The second-order valence-corrected chi connectivity index (χ2v) is 2.84. The molecule has 2 heteroatoms. The number of unbranched alkanes of at least 4 members (excludes halogenated alkanes) is 6. The maximum absolute atomic E-state index is 8.47. The van der Waals surface area contributed by atoms with Crippen LogP contribution in [0.25, 0.3) is 0 Å². The number of rotatable bonds is 7. The molecular formula is C9H21LiO. The van der Waals surface area contributed by atoms with Gasteiger partial charge in [0.25, 0.3) is 0 Å². The van der Waals surface area contributed by atoms with Crippen LogP contribution in [-0.2, 0) is 0 Å². The summed E-state index contributed by atoms with van der Waals surface area (Å²) in [5.74, 6) is 0. The van der Waals surface area contributed by atoms with Gasteiger partial charge in [0, 0.05) is 6.61 Å². The van der Waals surface area contributed by atoms with Crippen LogP contribution in [0.5, 0.6) is 0 Å². The number of aliphatic hydroxyl groups excluding tert-OH is 1. The monoisotopic (exact) mass is 152 g/mol. The van der Waals surface area contributed by atoms with Crippen molar-refractivity contribution in [1.82, 2.24) is 0 Å². The molecule has 0 saturated heterocycles. The molecule has 0 aromatic heterocycles. The van der Waals surface area contributed by atoms with Crippen LogP contribution >= 0.6 is 0 Å². The Morgan fingerprint density at radius 1 is 0.818 bits per heavy atom. The fourth-order valence-corrected chi connectivity index (χ4v) is 1.07. The van der Waals surface area contributed by atoms with E-state index < -0.39 is 0 Å².